The normalized spacial score (nSPS) is 12.2. The van der Waals surface area contributed by atoms with E-state index in [1.54, 1.807) is 0 Å². The first-order valence-electron chi connectivity index (χ1n) is 5.80. The van der Waals surface area contributed by atoms with Crippen LogP contribution in [0.15, 0.2) is 22.7 Å². The Kier molecular flexibility index (Phi) is 5.65. The average Bonchev–Trinajstić information content (AvgIpc) is 2.21. The third-order valence-electron chi connectivity index (χ3n) is 2.53. The zero-order chi connectivity index (χ0) is 12.8. The fraction of sp³-hybridized carbons (Fsp3) is 0.462. The van der Waals surface area contributed by atoms with Crippen LogP contribution in [0.5, 0.6) is 0 Å². The molecule has 0 aliphatic rings. The summed E-state index contributed by atoms with van der Waals surface area (Å²) in [5, 5.41) is 2.91. The first kappa shape index (κ1) is 14.2. The molecule has 0 saturated carbocycles. The number of hydrogen-bond acceptors (Lipinski definition) is 2. The number of carbonyl (C=O) groups is 1. The van der Waals surface area contributed by atoms with Crippen LogP contribution in [0.25, 0.3) is 0 Å². The summed E-state index contributed by atoms with van der Waals surface area (Å²) in [7, 11) is 0. The van der Waals surface area contributed by atoms with Crippen molar-refractivity contribution in [1.29, 1.82) is 0 Å². The van der Waals surface area contributed by atoms with E-state index in [1.807, 2.05) is 32.0 Å². The summed E-state index contributed by atoms with van der Waals surface area (Å²) in [5.41, 5.74) is 7.56. The van der Waals surface area contributed by atoms with E-state index in [4.69, 9.17) is 5.73 Å². The van der Waals surface area contributed by atoms with Crippen molar-refractivity contribution in [2.24, 2.45) is 5.73 Å². The predicted octanol–water partition coefficient (Wildman–Crippen LogP) is 3.21. The number of carbonyl (C=O) groups excluding carboxylic acids is 1. The van der Waals surface area contributed by atoms with Crippen molar-refractivity contribution in [2.75, 3.05) is 5.32 Å². The number of nitrogens with two attached hydrogens (primary N) is 1. The zero-order valence-electron chi connectivity index (χ0n) is 10.3. The van der Waals surface area contributed by atoms with Gasteiger partial charge in [0.05, 0.1) is 0 Å². The first-order chi connectivity index (χ1) is 7.99. The molecular formula is C13H19BrN2O. The molecule has 17 heavy (non-hydrogen) atoms. The molecule has 1 atom stereocenters. The van der Waals surface area contributed by atoms with E-state index in [2.05, 4.69) is 21.2 Å². The predicted molar refractivity (Wildman–Crippen MR) is 75.0 cm³/mol. The van der Waals surface area contributed by atoms with Crippen molar-refractivity contribution in [3.05, 3.63) is 28.2 Å². The number of halogens is 1. The van der Waals surface area contributed by atoms with Crippen LogP contribution in [0.2, 0.25) is 0 Å². The molecule has 0 spiro atoms. The van der Waals surface area contributed by atoms with Gasteiger partial charge in [0, 0.05) is 22.6 Å². The van der Waals surface area contributed by atoms with Gasteiger partial charge in [-0.1, -0.05) is 15.9 Å². The maximum absolute atomic E-state index is 11.7. The second-order valence-corrected chi connectivity index (χ2v) is 5.29. The van der Waals surface area contributed by atoms with Crippen LogP contribution in [-0.2, 0) is 4.79 Å². The fourth-order valence-electron chi connectivity index (χ4n) is 1.56. The average molecular weight is 299 g/mol. The number of benzene rings is 1. The van der Waals surface area contributed by atoms with E-state index in [-0.39, 0.29) is 11.9 Å². The minimum Gasteiger partial charge on any atom is -0.328 e. The number of anilines is 1. The summed E-state index contributed by atoms with van der Waals surface area (Å²) in [4.78, 5) is 11.7. The van der Waals surface area contributed by atoms with Gasteiger partial charge in [0.2, 0.25) is 5.91 Å². The van der Waals surface area contributed by atoms with Crippen LogP contribution in [0.1, 0.15) is 31.7 Å². The lowest BCUT2D eigenvalue weighted by Crippen LogP contribution is -2.17. The Bertz CT molecular complexity index is 391. The molecule has 3 nitrogen and oxygen atoms in total. The standard InChI is InChI=1S/C13H19BrN2O/c1-9-8-11(14)6-7-12(9)16-13(17)5-3-4-10(2)15/h6-8,10H,3-5,15H2,1-2H3,(H,16,17). The van der Waals surface area contributed by atoms with E-state index in [9.17, 15) is 4.79 Å². The SMILES string of the molecule is Cc1cc(Br)ccc1NC(=O)CCCC(C)N. The Labute approximate surface area is 111 Å². The van der Waals surface area contributed by atoms with Crippen LogP contribution in [0.4, 0.5) is 5.69 Å². The summed E-state index contributed by atoms with van der Waals surface area (Å²) in [6, 6.07) is 5.97. The molecular weight excluding hydrogens is 280 g/mol. The van der Waals surface area contributed by atoms with Gasteiger partial charge in [0.25, 0.3) is 0 Å². The van der Waals surface area contributed by atoms with E-state index in [0.29, 0.717) is 6.42 Å². The van der Waals surface area contributed by atoms with Crippen LogP contribution in [0.3, 0.4) is 0 Å². The number of hydrogen-bond donors (Lipinski definition) is 2. The molecule has 1 rings (SSSR count). The highest BCUT2D eigenvalue weighted by Crippen LogP contribution is 2.20. The fourth-order valence-corrected chi connectivity index (χ4v) is 2.04. The molecule has 0 aromatic heterocycles. The van der Waals surface area contributed by atoms with Gasteiger partial charge >= 0.3 is 0 Å². The first-order valence-corrected chi connectivity index (χ1v) is 6.60. The highest BCUT2D eigenvalue weighted by atomic mass is 79.9. The van der Waals surface area contributed by atoms with Gasteiger partial charge in [-0.15, -0.1) is 0 Å². The van der Waals surface area contributed by atoms with Gasteiger partial charge in [0.1, 0.15) is 0 Å². The van der Waals surface area contributed by atoms with Crippen LogP contribution < -0.4 is 11.1 Å². The lowest BCUT2D eigenvalue weighted by Gasteiger charge is -2.09. The molecule has 4 heteroatoms. The molecule has 1 unspecified atom stereocenters. The molecule has 0 radical (unpaired) electrons. The highest BCUT2D eigenvalue weighted by Gasteiger charge is 2.05. The molecule has 3 N–H and O–H groups in total. The topological polar surface area (TPSA) is 55.1 Å². The van der Waals surface area contributed by atoms with Crippen LogP contribution >= 0.6 is 15.9 Å². The summed E-state index contributed by atoms with van der Waals surface area (Å²) in [6.45, 7) is 3.93. The smallest absolute Gasteiger partial charge is 0.224 e. The lowest BCUT2D eigenvalue weighted by atomic mass is 10.1. The lowest BCUT2D eigenvalue weighted by molar-refractivity contribution is -0.116. The second kappa shape index (κ2) is 6.77. The van der Waals surface area contributed by atoms with Crippen molar-refractivity contribution in [3.8, 4) is 0 Å². The van der Waals surface area contributed by atoms with Gasteiger partial charge in [-0.3, -0.25) is 4.79 Å². The van der Waals surface area contributed by atoms with Crippen LogP contribution in [0, 0.1) is 6.92 Å². The van der Waals surface area contributed by atoms with E-state index in [1.165, 1.54) is 0 Å². The molecule has 0 saturated heterocycles. The summed E-state index contributed by atoms with van der Waals surface area (Å²) in [5.74, 6) is 0.0519. The summed E-state index contributed by atoms with van der Waals surface area (Å²) < 4.78 is 1.02. The molecule has 1 aromatic rings. The van der Waals surface area contributed by atoms with Crippen molar-refractivity contribution in [1.82, 2.24) is 0 Å². The second-order valence-electron chi connectivity index (χ2n) is 4.38. The van der Waals surface area contributed by atoms with E-state index >= 15 is 0 Å². The molecule has 0 fully saturated rings. The Morgan fingerprint density at radius 3 is 2.82 bits per heavy atom. The Balaban J connectivity index is 2.45. The molecule has 1 amide bonds. The molecule has 0 aliphatic carbocycles. The third kappa shape index (κ3) is 5.33. The molecule has 1 aromatic carbocycles. The molecule has 0 heterocycles. The van der Waals surface area contributed by atoms with Crippen molar-refractivity contribution in [2.45, 2.75) is 39.2 Å². The largest absolute Gasteiger partial charge is 0.328 e. The molecule has 0 bridgehead atoms. The number of nitrogens with one attached hydrogen (secondary N) is 1. The summed E-state index contributed by atoms with van der Waals surface area (Å²) in [6.07, 6.45) is 2.24. The van der Waals surface area contributed by atoms with E-state index < -0.39 is 0 Å². The van der Waals surface area contributed by atoms with Gasteiger partial charge in [-0.05, 0) is 50.5 Å². The van der Waals surface area contributed by atoms with Gasteiger partial charge in [-0.2, -0.15) is 0 Å². The minimum atomic E-state index is 0.0519. The summed E-state index contributed by atoms with van der Waals surface area (Å²) >= 11 is 3.39. The molecule has 94 valence electrons. The maximum Gasteiger partial charge on any atom is 0.224 e. The Hall–Kier alpha value is -0.870. The number of aryl methyl sites for hydroxylation is 1. The minimum absolute atomic E-state index is 0.0519. The Morgan fingerprint density at radius 2 is 2.24 bits per heavy atom. The quantitative estimate of drug-likeness (QED) is 0.877. The van der Waals surface area contributed by atoms with Gasteiger partial charge in [0.15, 0.2) is 0 Å². The van der Waals surface area contributed by atoms with Crippen LogP contribution in [-0.4, -0.2) is 11.9 Å². The third-order valence-corrected chi connectivity index (χ3v) is 3.02. The monoisotopic (exact) mass is 298 g/mol. The van der Waals surface area contributed by atoms with Crippen molar-refractivity contribution < 1.29 is 4.79 Å². The zero-order valence-corrected chi connectivity index (χ0v) is 11.9. The van der Waals surface area contributed by atoms with E-state index in [0.717, 1.165) is 28.6 Å². The maximum atomic E-state index is 11.7. The van der Waals surface area contributed by atoms with Crippen molar-refractivity contribution >= 4 is 27.5 Å². The number of rotatable bonds is 5. The van der Waals surface area contributed by atoms with Gasteiger partial charge < -0.3 is 11.1 Å². The van der Waals surface area contributed by atoms with Gasteiger partial charge in [-0.25, -0.2) is 0 Å². The molecule has 0 aliphatic heterocycles. The number of amides is 1. The Morgan fingerprint density at radius 1 is 1.53 bits per heavy atom. The van der Waals surface area contributed by atoms with Crippen molar-refractivity contribution in [3.63, 3.8) is 0 Å². The highest BCUT2D eigenvalue weighted by molar-refractivity contribution is 9.10.